The first-order chi connectivity index (χ1) is 15.9. The molecule has 0 radical (unpaired) electrons. The molecular formula is C25H21NO7. The lowest BCUT2D eigenvalue weighted by Crippen LogP contribution is -2.11. The number of anilines is 1. The molecule has 3 aromatic carbocycles. The topological polar surface area (TPSA) is 108 Å². The number of rotatable bonds is 9. The summed E-state index contributed by atoms with van der Waals surface area (Å²) in [6, 6.07) is 14.3. The predicted octanol–water partition coefficient (Wildman–Crippen LogP) is 4.42. The van der Waals surface area contributed by atoms with Crippen LogP contribution in [0.2, 0.25) is 0 Å². The van der Waals surface area contributed by atoms with Crippen molar-refractivity contribution >= 4 is 40.8 Å². The van der Waals surface area contributed by atoms with Crippen molar-refractivity contribution < 1.29 is 33.4 Å². The number of hydrogen-bond donors (Lipinski definition) is 1. The zero-order chi connectivity index (χ0) is 23.8. The van der Waals surface area contributed by atoms with Crippen molar-refractivity contribution in [2.45, 2.75) is 19.8 Å². The third-order valence-electron chi connectivity index (χ3n) is 4.51. The van der Waals surface area contributed by atoms with Gasteiger partial charge in [0.1, 0.15) is 11.5 Å². The second kappa shape index (κ2) is 10.7. The Morgan fingerprint density at radius 3 is 2.36 bits per heavy atom. The van der Waals surface area contributed by atoms with Crippen LogP contribution >= 0.6 is 0 Å². The maximum absolute atomic E-state index is 12.7. The number of ether oxygens (including phenoxy) is 3. The number of benzene rings is 3. The summed E-state index contributed by atoms with van der Waals surface area (Å²) in [6.07, 6.45) is 2.09. The minimum atomic E-state index is -0.625. The molecule has 0 fully saturated rings. The van der Waals surface area contributed by atoms with Crippen molar-refractivity contribution in [1.82, 2.24) is 0 Å². The molecule has 1 amide bonds. The Morgan fingerprint density at radius 2 is 1.64 bits per heavy atom. The third-order valence-corrected chi connectivity index (χ3v) is 4.51. The number of hydrogen-bond acceptors (Lipinski definition) is 7. The second-order valence-corrected chi connectivity index (χ2v) is 6.90. The Morgan fingerprint density at radius 1 is 0.939 bits per heavy atom. The molecule has 0 aliphatic carbocycles. The highest BCUT2D eigenvalue weighted by Crippen LogP contribution is 2.30. The molecule has 0 aliphatic heterocycles. The first-order valence-corrected chi connectivity index (χ1v) is 10.1. The minimum absolute atomic E-state index is 0.0844. The molecule has 33 heavy (non-hydrogen) atoms. The Balaban J connectivity index is 1.79. The third kappa shape index (κ3) is 6.04. The van der Waals surface area contributed by atoms with Gasteiger partial charge in [0.2, 0.25) is 5.91 Å². The van der Waals surface area contributed by atoms with Crippen molar-refractivity contribution in [2.24, 2.45) is 0 Å². The second-order valence-electron chi connectivity index (χ2n) is 6.90. The van der Waals surface area contributed by atoms with Crippen molar-refractivity contribution in [1.29, 1.82) is 0 Å². The predicted molar refractivity (Wildman–Crippen MR) is 121 cm³/mol. The number of carbonyl (C=O) groups excluding carboxylic acids is 4. The van der Waals surface area contributed by atoms with Gasteiger partial charge in [-0.2, -0.15) is 0 Å². The number of nitrogens with one attached hydrogen (secondary N) is 1. The van der Waals surface area contributed by atoms with E-state index in [1.165, 1.54) is 18.2 Å². The summed E-state index contributed by atoms with van der Waals surface area (Å²) in [5.41, 5.74) is 0.434. The van der Waals surface area contributed by atoms with Crippen molar-refractivity contribution in [3.8, 4) is 17.2 Å². The van der Waals surface area contributed by atoms with Gasteiger partial charge in [-0.25, -0.2) is 4.79 Å². The zero-order valence-corrected chi connectivity index (χ0v) is 17.8. The maximum atomic E-state index is 12.7. The van der Waals surface area contributed by atoms with Gasteiger partial charge in [0.25, 0.3) is 6.47 Å². The van der Waals surface area contributed by atoms with Gasteiger partial charge >= 0.3 is 11.9 Å². The molecule has 0 aliphatic rings. The van der Waals surface area contributed by atoms with E-state index in [1.54, 1.807) is 36.4 Å². The quantitative estimate of drug-likeness (QED) is 0.224. The Hall–Kier alpha value is -4.46. The lowest BCUT2D eigenvalue weighted by molar-refractivity contribution is -0.134. The first kappa shape index (κ1) is 23.2. The molecule has 3 rings (SSSR count). The molecule has 0 unspecified atom stereocenters. The van der Waals surface area contributed by atoms with Gasteiger partial charge in [-0.1, -0.05) is 25.6 Å². The molecule has 8 heteroatoms. The SMILES string of the molecule is C=CC(=O)Nc1cc(OC(=O)c2ccc3cc(OC(=O)CCC)ccc3c2)ccc1OC=O. The standard InChI is InChI=1S/C25H21NO7/c1-3-5-24(29)32-19-9-8-16-12-18(7-6-17(16)13-19)25(30)33-20-10-11-22(31-15-27)21(14-20)26-23(28)4-2/h4,6-15H,2-3,5H2,1H3,(H,26,28). The molecule has 0 saturated heterocycles. The van der Waals surface area contributed by atoms with Crippen molar-refractivity contribution in [2.75, 3.05) is 5.32 Å². The van der Waals surface area contributed by atoms with E-state index in [9.17, 15) is 19.2 Å². The Bertz CT molecular complexity index is 1230. The highest BCUT2D eigenvalue weighted by atomic mass is 16.5. The Kier molecular flexibility index (Phi) is 7.54. The van der Waals surface area contributed by atoms with Crippen LogP contribution in [0.3, 0.4) is 0 Å². The molecule has 0 atom stereocenters. The highest BCUT2D eigenvalue weighted by molar-refractivity contribution is 6.00. The summed E-state index contributed by atoms with van der Waals surface area (Å²) in [4.78, 5) is 46.6. The number of esters is 2. The van der Waals surface area contributed by atoms with Crippen molar-refractivity contribution in [3.05, 3.63) is 72.8 Å². The van der Waals surface area contributed by atoms with Crippen LogP contribution in [0.5, 0.6) is 17.2 Å². The largest absolute Gasteiger partial charge is 0.427 e. The van der Waals surface area contributed by atoms with Crippen LogP contribution in [0.15, 0.2) is 67.3 Å². The average Bonchev–Trinajstić information content (AvgIpc) is 2.80. The van der Waals surface area contributed by atoms with Gasteiger partial charge in [0, 0.05) is 12.5 Å². The first-order valence-electron chi connectivity index (χ1n) is 10.1. The minimum Gasteiger partial charge on any atom is -0.427 e. The van der Waals surface area contributed by atoms with Crippen LogP contribution in [0.1, 0.15) is 30.1 Å². The van der Waals surface area contributed by atoms with E-state index in [1.807, 2.05) is 6.92 Å². The van der Waals surface area contributed by atoms with Gasteiger partial charge in [-0.05, 0) is 59.7 Å². The fraction of sp³-hybridized carbons (Fsp3) is 0.120. The van der Waals surface area contributed by atoms with Crippen LogP contribution in [0, 0.1) is 0 Å². The molecule has 0 spiro atoms. The summed E-state index contributed by atoms with van der Waals surface area (Å²) in [5, 5.41) is 4.03. The fourth-order valence-corrected chi connectivity index (χ4v) is 2.98. The summed E-state index contributed by atoms with van der Waals surface area (Å²) in [5.74, 6) is -0.797. The monoisotopic (exact) mass is 447 g/mol. The van der Waals surface area contributed by atoms with E-state index < -0.39 is 11.9 Å². The molecule has 3 aromatic rings. The summed E-state index contributed by atoms with van der Waals surface area (Å²) >= 11 is 0. The maximum Gasteiger partial charge on any atom is 0.343 e. The fourth-order valence-electron chi connectivity index (χ4n) is 2.98. The molecule has 0 bridgehead atoms. The van der Waals surface area contributed by atoms with E-state index in [4.69, 9.17) is 14.2 Å². The molecule has 168 valence electrons. The molecule has 0 aromatic heterocycles. The van der Waals surface area contributed by atoms with Gasteiger partial charge in [-0.3, -0.25) is 14.4 Å². The molecule has 0 saturated carbocycles. The lowest BCUT2D eigenvalue weighted by Gasteiger charge is -2.11. The van der Waals surface area contributed by atoms with E-state index in [2.05, 4.69) is 11.9 Å². The zero-order valence-electron chi connectivity index (χ0n) is 17.8. The van der Waals surface area contributed by atoms with Crippen LogP contribution in [-0.2, 0) is 14.4 Å². The number of fused-ring (bicyclic) bond motifs is 1. The van der Waals surface area contributed by atoms with E-state index in [0.29, 0.717) is 24.2 Å². The molecular weight excluding hydrogens is 426 g/mol. The van der Waals surface area contributed by atoms with Gasteiger partial charge in [0.05, 0.1) is 11.3 Å². The summed E-state index contributed by atoms with van der Waals surface area (Å²) in [6.45, 7) is 5.48. The average molecular weight is 447 g/mol. The van der Waals surface area contributed by atoms with Gasteiger partial charge in [0.15, 0.2) is 5.75 Å². The molecule has 1 N–H and O–H groups in total. The summed E-state index contributed by atoms with van der Waals surface area (Å²) < 4.78 is 15.5. The highest BCUT2D eigenvalue weighted by Gasteiger charge is 2.14. The van der Waals surface area contributed by atoms with E-state index in [-0.39, 0.29) is 29.6 Å². The molecule has 0 heterocycles. The van der Waals surface area contributed by atoms with Crippen LogP contribution in [-0.4, -0.2) is 24.3 Å². The number of carbonyl (C=O) groups is 4. The Labute approximate surface area is 189 Å². The van der Waals surface area contributed by atoms with E-state index in [0.717, 1.165) is 16.8 Å². The van der Waals surface area contributed by atoms with Crippen LogP contribution < -0.4 is 19.5 Å². The normalized spacial score (nSPS) is 10.2. The summed E-state index contributed by atoms with van der Waals surface area (Å²) in [7, 11) is 0. The van der Waals surface area contributed by atoms with Crippen LogP contribution in [0.4, 0.5) is 5.69 Å². The van der Waals surface area contributed by atoms with Crippen molar-refractivity contribution in [3.63, 3.8) is 0 Å². The lowest BCUT2D eigenvalue weighted by atomic mass is 10.1. The number of amides is 1. The smallest absolute Gasteiger partial charge is 0.343 e. The van der Waals surface area contributed by atoms with Gasteiger partial charge in [-0.15, -0.1) is 0 Å². The van der Waals surface area contributed by atoms with Gasteiger partial charge < -0.3 is 19.5 Å². The van der Waals surface area contributed by atoms with E-state index >= 15 is 0 Å². The molecule has 8 nitrogen and oxygen atoms in total. The van der Waals surface area contributed by atoms with Crippen LogP contribution in [0.25, 0.3) is 10.8 Å².